The van der Waals surface area contributed by atoms with E-state index in [2.05, 4.69) is 42.8 Å². The molecule has 8 nitrogen and oxygen atoms in total. The molecule has 0 radical (unpaired) electrons. The molecule has 0 unspecified atom stereocenters. The molecule has 1 aromatic heterocycles. The average Bonchev–Trinajstić information content (AvgIpc) is 3.44. The van der Waals surface area contributed by atoms with Crippen LogP contribution in [-0.4, -0.2) is 88.9 Å². The number of aliphatic carboxylic acids is 1. The third-order valence-electron chi connectivity index (χ3n) is 11.9. The average molecular weight is 772 g/mol. The summed E-state index contributed by atoms with van der Waals surface area (Å²) in [5.74, 6) is 0.000422. The number of alkyl halides is 3. The maximum absolute atomic E-state index is 14.3. The molecule has 1 N–H and O–H groups in total. The van der Waals surface area contributed by atoms with Gasteiger partial charge in [0, 0.05) is 30.5 Å². The lowest BCUT2D eigenvalue weighted by molar-refractivity contribution is -0.217. The summed E-state index contributed by atoms with van der Waals surface area (Å²) < 4.78 is 56.5. The topological polar surface area (TPSA) is 80.1 Å². The van der Waals surface area contributed by atoms with Crippen LogP contribution < -0.4 is 4.74 Å². The third-order valence-corrected chi connectivity index (χ3v) is 11.9. The smallest absolute Gasteiger partial charge is 0.395 e. The van der Waals surface area contributed by atoms with E-state index in [-0.39, 0.29) is 54.3 Å². The van der Waals surface area contributed by atoms with Gasteiger partial charge in [-0.25, -0.2) is 0 Å². The molecule has 2 aromatic carbocycles. The van der Waals surface area contributed by atoms with E-state index >= 15 is 0 Å². The Bertz CT molecular complexity index is 1650. The molecular weight excluding hydrogens is 716 g/mol. The molecule has 3 aromatic rings. The van der Waals surface area contributed by atoms with E-state index in [0.29, 0.717) is 32.2 Å². The number of nitrogens with zero attached hydrogens (tertiary/aromatic N) is 4. The lowest BCUT2D eigenvalue weighted by Crippen LogP contribution is -2.48. The van der Waals surface area contributed by atoms with Crippen LogP contribution >= 0.6 is 24.8 Å². The molecule has 3 heterocycles. The van der Waals surface area contributed by atoms with E-state index in [1.165, 1.54) is 19.4 Å². The number of carbonyl (C=O) groups is 1. The fraction of sp³-hybridized carbons (Fsp3) is 0.641. The van der Waals surface area contributed by atoms with Crippen LogP contribution in [0.4, 0.5) is 13.2 Å². The number of methoxy groups -OCH3 is 1. The van der Waals surface area contributed by atoms with Crippen LogP contribution in [-0.2, 0) is 21.5 Å². The number of rotatable bonds is 12. The van der Waals surface area contributed by atoms with Crippen LogP contribution in [0, 0.1) is 10.8 Å². The fourth-order valence-electron chi connectivity index (χ4n) is 8.91. The molecule has 52 heavy (non-hydrogen) atoms. The van der Waals surface area contributed by atoms with E-state index in [1.807, 2.05) is 34.2 Å². The van der Waals surface area contributed by atoms with Gasteiger partial charge in [0.15, 0.2) is 0 Å². The number of carboxylic acid groups (broad SMARTS) is 1. The van der Waals surface area contributed by atoms with Gasteiger partial charge in [-0.05, 0) is 133 Å². The first-order valence-electron chi connectivity index (χ1n) is 18.0. The minimum absolute atomic E-state index is 0. The summed E-state index contributed by atoms with van der Waals surface area (Å²) in [5.41, 5.74) is 0.964. The molecule has 1 atom stereocenters. The fourth-order valence-corrected chi connectivity index (χ4v) is 8.91. The van der Waals surface area contributed by atoms with E-state index in [1.54, 1.807) is 7.11 Å². The van der Waals surface area contributed by atoms with E-state index in [4.69, 9.17) is 19.7 Å². The Hall–Kier alpha value is -2.57. The monoisotopic (exact) mass is 770 g/mol. The molecule has 3 fully saturated rings. The molecule has 1 aliphatic carbocycles. The molecular formula is C39H55Cl2F3N4O4. The van der Waals surface area contributed by atoms with Crippen molar-refractivity contribution in [3.05, 3.63) is 59.8 Å². The van der Waals surface area contributed by atoms with Crippen LogP contribution in [0.3, 0.4) is 0 Å². The zero-order valence-corrected chi connectivity index (χ0v) is 32.6. The number of hydrogen-bond acceptors (Lipinski definition) is 6. The Morgan fingerprint density at radius 3 is 2.33 bits per heavy atom. The Morgan fingerprint density at radius 1 is 1.06 bits per heavy atom. The first kappa shape index (κ1) is 42.2. The molecule has 2 saturated heterocycles. The summed E-state index contributed by atoms with van der Waals surface area (Å²) in [7, 11) is 1.64. The van der Waals surface area contributed by atoms with Gasteiger partial charge < -0.3 is 14.6 Å². The van der Waals surface area contributed by atoms with Gasteiger partial charge in [-0.1, -0.05) is 18.2 Å². The SMILES string of the molecule is COc1ccc([C@]2(CCN(Cc3ccc4c(cnn4C4CC5(CCN(CC(=O)O)CC5)C4)c3)CC(C)(C)C(F)(F)F)CCOC(C)(C)C2)cc1.Cl.Cl. The predicted octanol–water partition coefficient (Wildman–Crippen LogP) is 8.70. The maximum atomic E-state index is 14.3. The second-order valence-corrected chi connectivity index (χ2v) is 16.6. The predicted molar refractivity (Wildman–Crippen MR) is 202 cm³/mol. The minimum atomic E-state index is -4.34. The van der Waals surface area contributed by atoms with Crippen LogP contribution in [0.25, 0.3) is 10.9 Å². The largest absolute Gasteiger partial charge is 0.497 e. The van der Waals surface area contributed by atoms with Gasteiger partial charge >= 0.3 is 12.1 Å². The van der Waals surface area contributed by atoms with E-state index < -0.39 is 17.6 Å². The van der Waals surface area contributed by atoms with Crippen LogP contribution in [0.5, 0.6) is 5.75 Å². The van der Waals surface area contributed by atoms with Crippen LogP contribution in [0.1, 0.15) is 89.8 Å². The normalized spacial score (nSPS) is 22.1. The van der Waals surface area contributed by atoms with Crippen molar-refractivity contribution in [2.75, 3.05) is 46.4 Å². The zero-order valence-electron chi connectivity index (χ0n) is 31.0. The van der Waals surface area contributed by atoms with E-state index in [9.17, 15) is 18.0 Å². The van der Waals surface area contributed by atoms with Gasteiger partial charge in [-0.15, -0.1) is 24.8 Å². The number of likely N-dealkylation sites (tertiary alicyclic amines) is 1. The van der Waals surface area contributed by atoms with Crippen molar-refractivity contribution in [1.29, 1.82) is 0 Å². The zero-order chi connectivity index (χ0) is 36.0. The number of ether oxygens (including phenoxy) is 2. The molecule has 1 spiro atoms. The molecule has 6 rings (SSSR count). The van der Waals surface area contributed by atoms with Gasteiger partial charge in [0.2, 0.25) is 0 Å². The summed E-state index contributed by atoms with van der Waals surface area (Å²) in [4.78, 5) is 15.1. The standard InChI is InChI=1S/C39H53F3N4O4.2ClH/c1-35(2,39(40,41)42)27-45(18-14-38(15-19-50-36(3,4)26-38)30-7-9-32(49-5)10-8-30)24-28-6-11-33-29(20-28)23-43-46(33)31-21-37(22-31)12-16-44(17-13-37)25-34(47)48;;/h6-11,20,23,31H,12-19,21-22,24-27H2,1-5H3,(H,47,48);2*1H/t38-;;/m1../s1. The van der Waals surface area contributed by atoms with Gasteiger partial charge in [0.1, 0.15) is 5.75 Å². The number of benzene rings is 2. The summed E-state index contributed by atoms with van der Waals surface area (Å²) in [5, 5.41) is 14.9. The van der Waals surface area contributed by atoms with Gasteiger partial charge in [-0.3, -0.25) is 19.3 Å². The number of piperidine rings is 1. The highest BCUT2D eigenvalue weighted by molar-refractivity contribution is 5.85. The minimum Gasteiger partial charge on any atom is -0.497 e. The lowest BCUT2D eigenvalue weighted by Gasteiger charge is -2.52. The maximum Gasteiger partial charge on any atom is 0.395 e. The molecule has 3 aliphatic rings. The highest BCUT2D eigenvalue weighted by Gasteiger charge is 2.49. The molecule has 0 bridgehead atoms. The number of fused-ring (bicyclic) bond motifs is 1. The highest BCUT2D eigenvalue weighted by Crippen LogP contribution is 2.55. The summed E-state index contributed by atoms with van der Waals surface area (Å²) in [6, 6.07) is 14.6. The van der Waals surface area contributed by atoms with Crippen molar-refractivity contribution < 1.29 is 32.5 Å². The summed E-state index contributed by atoms with van der Waals surface area (Å²) >= 11 is 0. The Morgan fingerprint density at radius 2 is 1.73 bits per heavy atom. The Balaban J connectivity index is 0.00000302. The molecule has 2 aliphatic heterocycles. The van der Waals surface area contributed by atoms with E-state index in [0.717, 1.165) is 73.8 Å². The number of halogens is 5. The molecule has 1 saturated carbocycles. The molecule has 0 amide bonds. The van der Waals surface area contributed by atoms with Crippen molar-refractivity contribution in [2.24, 2.45) is 10.8 Å². The lowest BCUT2D eigenvalue weighted by atomic mass is 9.60. The second-order valence-electron chi connectivity index (χ2n) is 16.6. The van der Waals surface area contributed by atoms with Crippen molar-refractivity contribution in [2.45, 2.75) is 102 Å². The molecule has 290 valence electrons. The van der Waals surface area contributed by atoms with Crippen molar-refractivity contribution in [3.8, 4) is 5.75 Å². The van der Waals surface area contributed by atoms with Crippen molar-refractivity contribution in [1.82, 2.24) is 19.6 Å². The van der Waals surface area contributed by atoms with Crippen LogP contribution in [0.2, 0.25) is 0 Å². The summed E-state index contributed by atoms with van der Waals surface area (Å²) in [6.07, 6.45) is 3.91. The third kappa shape index (κ3) is 9.20. The summed E-state index contributed by atoms with van der Waals surface area (Å²) in [6.45, 7) is 9.92. The van der Waals surface area contributed by atoms with Gasteiger partial charge in [0.05, 0.1) is 42.4 Å². The molecule has 13 heteroatoms. The number of hydrogen-bond donors (Lipinski definition) is 1. The second kappa shape index (κ2) is 16.0. The van der Waals surface area contributed by atoms with Gasteiger partial charge in [0.25, 0.3) is 0 Å². The Labute approximate surface area is 318 Å². The highest BCUT2D eigenvalue weighted by atomic mass is 35.5. The number of carboxylic acids is 1. The first-order chi connectivity index (χ1) is 23.5. The van der Waals surface area contributed by atoms with Crippen LogP contribution in [0.15, 0.2) is 48.7 Å². The van der Waals surface area contributed by atoms with Crippen molar-refractivity contribution in [3.63, 3.8) is 0 Å². The van der Waals surface area contributed by atoms with Crippen molar-refractivity contribution >= 4 is 41.7 Å². The number of aromatic nitrogens is 2. The first-order valence-corrected chi connectivity index (χ1v) is 18.0. The quantitative estimate of drug-likeness (QED) is 0.198. The van der Waals surface area contributed by atoms with Gasteiger partial charge in [-0.2, -0.15) is 18.3 Å². The Kier molecular flexibility index (Phi) is 13.0.